The molecule has 4 aromatic rings. The molecule has 4 heteroatoms. The van der Waals surface area contributed by atoms with E-state index in [2.05, 4.69) is 155 Å². The smallest absolute Gasteiger partial charge is 0.156 e. The minimum atomic E-state index is 0.906. The van der Waals surface area contributed by atoms with E-state index >= 15 is 0 Å². The predicted octanol–water partition coefficient (Wildman–Crippen LogP) is 6.41. The van der Waals surface area contributed by atoms with E-state index in [0.29, 0.717) is 0 Å². The summed E-state index contributed by atoms with van der Waals surface area (Å²) in [5, 5.41) is 0. The molecule has 4 nitrogen and oxygen atoms in total. The van der Waals surface area contributed by atoms with E-state index in [9.17, 15) is 0 Å². The lowest BCUT2D eigenvalue weighted by Crippen LogP contribution is -2.38. The van der Waals surface area contributed by atoms with E-state index in [1.54, 1.807) is 0 Å². The molecule has 0 spiro atoms. The standard InChI is InChI=1S/C30H30N4/c1-31(25-15-7-3-8-16-25)29(32(2)26-17-9-4-10-18-26)30-33(27-19-11-5-12-20-27)23-24-34(30)28-21-13-6-14-22-28/h3-22H,23-24H2,1-2H3. The molecule has 1 aliphatic heterocycles. The third kappa shape index (κ3) is 4.23. The summed E-state index contributed by atoms with van der Waals surface area (Å²) in [6.45, 7) is 1.81. The Morgan fingerprint density at radius 3 is 1.18 bits per heavy atom. The van der Waals surface area contributed by atoms with E-state index in [-0.39, 0.29) is 0 Å². The fourth-order valence-electron chi connectivity index (χ4n) is 4.59. The van der Waals surface area contributed by atoms with Crippen molar-refractivity contribution in [2.24, 2.45) is 0 Å². The highest BCUT2D eigenvalue weighted by atomic mass is 15.4. The molecule has 0 aliphatic carbocycles. The van der Waals surface area contributed by atoms with Crippen LogP contribution in [0.5, 0.6) is 0 Å². The van der Waals surface area contributed by atoms with Crippen molar-refractivity contribution in [2.75, 3.05) is 46.8 Å². The summed E-state index contributed by atoms with van der Waals surface area (Å²) in [5.41, 5.74) is 4.66. The van der Waals surface area contributed by atoms with Crippen molar-refractivity contribution >= 4 is 22.7 Å². The zero-order chi connectivity index (χ0) is 23.3. The lowest BCUT2D eigenvalue weighted by atomic mass is 10.2. The zero-order valence-corrected chi connectivity index (χ0v) is 19.8. The summed E-state index contributed by atoms with van der Waals surface area (Å²) >= 11 is 0. The summed E-state index contributed by atoms with van der Waals surface area (Å²) in [6, 6.07) is 42.5. The molecule has 0 aromatic heterocycles. The average Bonchev–Trinajstić information content (AvgIpc) is 3.35. The second-order valence-electron chi connectivity index (χ2n) is 8.41. The third-order valence-corrected chi connectivity index (χ3v) is 6.32. The van der Waals surface area contributed by atoms with Crippen LogP contribution >= 0.6 is 0 Å². The monoisotopic (exact) mass is 446 g/mol. The Labute approximate surface area is 202 Å². The molecule has 0 unspecified atom stereocenters. The third-order valence-electron chi connectivity index (χ3n) is 6.32. The van der Waals surface area contributed by atoms with Crippen molar-refractivity contribution in [1.29, 1.82) is 0 Å². The van der Waals surface area contributed by atoms with Gasteiger partial charge in [-0.1, -0.05) is 72.8 Å². The van der Waals surface area contributed by atoms with E-state index in [1.165, 1.54) is 11.4 Å². The number of rotatable bonds is 6. The fourth-order valence-corrected chi connectivity index (χ4v) is 4.59. The number of hydrogen-bond acceptors (Lipinski definition) is 4. The van der Waals surface area contributed by atoms with Crippen LogP contribution in [-0.2, 0) is 0 Å². The maximum absolute atomic E-state index is 2.43. The summed E-state index contributed by atoms with van der Waals surface area (Å²) in [5.74, 6) is 2.28. The lowest BCUT2D eigenvalue weighted by Gasteiger charge is -2.37. The van der Waals surface area contributed by atoms with Crippen LogP contribution in [0.25, 0.3) is 0 Å². The summed E-state index contributed by atoms with van der Waals surface area (Å²) in [7, 11) is 4.31. The maximum atomic E-state index is 2.43. The van der Waals surface area contributed by atoms with Crippen LogP contribution in [-0.4, -0.2) is 27.2 Å². The SMILES string of the molecule is CN(C(=C1N(c2ccccc2)CCN1c1ccccc1)N(C)c1ccccc1)c1ccccc1. The van der Waals surface area contributed by atoms with E-state index in [0.717, 1.165) is 36.1 Å². The molecule has 1 aliphatic rings. The normalized spacial score (nSPS) is 13.2. The molecule has 0 radical (unpaired) electrons. The molecule has 0 N–H and O–H groups in total. The average molecular weight is 447 g/mol. The van der Waals surface area contributed by atoms with Crippen molar-refractivity contribution in [3.63, 3.8) is 0 Å². The van der Waals surface area contributed by atoms with Crippen molar-refractivity contribution < 1.29 is 0 Å². The van der Waals surface area contributed by atoms with E-state index in [1.807, 2.05) is 0 Å². The molecule has 170 valence electrons. The summed E-state index contributed by atoms with van der Waals surface area (Å²) in [4.78, 5) is 9.45. The van der Waals surface area contributed by atoms with Crippen LogP contribution in [0.3, 0.4) is 0 Å². The largest absolute Gasteiger partial charge is 0.328 e. The van der Waals surface area contributed by atoms with Crippen LogP contribution in [0.1, 0.15) is 0 Å². The van der Waals surface area contributed by atoms with Gasteiger partial charge in [0.2, 0.25) is 0 Å². The van der Waals surface area contributed by atoms with Gasteiger partial charge < -0.3 is 19.6 Å². The second-order valence-corrected chi connectivity index (χ2v) is 8.41. The Morgan fingerprint density at radius 2 is 0.824 bits per heavy atom. The molecular weight excluding hydrogens is 416 g/mol. The second kappa shape index (κ2) is 9.75. The van der Waals surface area contributed by atoms with Gasteiger partial charge in [-0.2, -0.15) is 0 Å². The van der Waals surface area contributed by atoms with Gasteiger partial charge in [-0.25, -0.2) is 0 Å². The number of nitrogens with zero attached hydrogens (tertiary/aromatic N) is 4. The van der Waals surface area contributed by atoms with Crippen LogP contribution in [0.15, 0.2) is 133 Å². The van der Waals surface area contributed by atoms with Crippen LogP contribution < -0.4 is 19.6 Å². The Kier molecular flexibility index (Phi) is 6.21. The lowest BCUT2D eigenvalue weighted by molar-refractivity contribution is 0.907. The van der Waals surface area contributed by atoms with Gasteiger partial charge in [-0.05, 0) is 48.5 Å². The van der Waals surface area contributed by atoms with E-state index in [4.69, 9.17) is 0 Å². The highest BCUT2D eigenvalue weighted by molar-refractivity contribution is 5.71. The molecule has 1 saturated heterocycles. The highest BCUT2D eigenvalue weighted by Crippen LogP contribution is 2.36. The molecule has 34 heavy (non-hydrogen) atoms. The van der Waals surface area contributed by atoms with Gasteiger partial charge in [0.05, 0.1) is 0 Å². The number of hydrogen-bond donors (Lipinski definition) is 0. The first-order valence-corrected chi connectivity index (χ1v) is 11.7. The van der Waals surface area contributed by atoms with E-state index < -0.39 is 0 Å². The first-order chi connectivity index (χ1) is 16.7. The molecule has 0 atom stereocenters. The Balaban J connectivity index is 1.74. The number of para-hydroxylation sites is 4. The molecule has 0 saturated carbocycles. The molecule has 0 bridgehead atoms. The van der Waals surface area contributed by atoms with Gasteiger partial charge in [-0.3, -0.25) is 0 Å². The van der Waals surface area contributed by atoms with Crippen molar-refractivity contribution in [3.8, 4) is 0 Å². The quantitative estimate of drug-likeness (QED) is 0.339. The van der Waals surface area contributed by atoms with Crippen LogP contribution in [0.2, 0.25) is 0 Å². The Hall–Kier alpha value is -4.18. The molecule has 4 aromatic carbocycles. The van der Waals surface area contributed by atoms with Gasteiger partial charge in [0.25, 0.3) is 0 Å². The molecule has 5 rings (SSSR count). The van der Waals surface area contributed by atoms with Gasteiger partial charge in [-0.15, -0.1) is 0 Å². The van der Waals surface area contributed by atoms with Crippen LogP contribution in [0.4, 0.5) is 22.7 Å². The van der Waals surface area contributed by atoms with Crippen molar-refractivity contribution in [2.45, 2.75) is 0 Å². The maximum Gasteiger partial charge on any atom is 0.156 e. The van der Waals surface area contributed by atoms with Gasteiger partial charge in [0, 0.05) is 49.9 Å². The van der Waals surface area contributed by atoms with Gasteiger partial charge >= 0.3 is 0 Å². The first-order valence-electron chi connectivity index (χ1n) is 11.7. The molecule has 1 heterocycles. The highest BCUT2D eigenvalue weighted by Gasteiger charge is 2.34. The summed E-state index contributed by atoms with van der Waals surface area (Å²) < 4.78 is 0. The number of anilines is 4. The van der Waals surface area contributed by atoms with Gasteiger partial charge in [0.1, 0.15) is 0 Å². The Morgan fingerprint density at radius 1 is 0.500 bits per heavy atom. The molecular formula is C30H30N4. The molecule has 1 fully saturated rings. The first kappa shape index (κ1) is 21.7. The summed E-state index contributed by atoms with van der Waals surface area (Å²) in [6.07, 6.45) is 0. The topological polar surface area (TPSA) is 13.0 Å². The molecule has 0 amide bonds. The van der Waals surface area contributed by atoms with Crippen molar-refractivity contribution in [1.82, 2.24) is 0 Å². The minimum Gasteiger partial charge on any atom is -0.328 e. The minimum absolute atomic E-state index is 0.906. The Bertz CT molecular complexity index is 1130. The number of benzene rings is 4. The van der Waals surface area contributed by atoms with Crippen molar-refractivity contribution in [3.05, 3.63) is 133 Å². The van der Waals surface area contributed by atoms with Crippen LogP contribution in [0, 0.1) is 0 Å². The predicted molar refractivity (Wildman–Crippen MR) is 144 cm³/mol. The fraction of sp³-hybridized carbons (Fsp3) is 0.133. The zero-order valence-electron chi connectivity index (χ0n) is 19.8. The van der Waals surface area contributed by atoms with Gasteiger partial charge in [0.15, 0.2) is 11.6 Å².